The van der Waals surface area contributed by atoms with E-state index in [0.717, 1.165) is 19.0 Å². The highest BCUT2D eigenvalue weighted by Crippen LogP contribution is 2.05. The fourth-order valence-corrected chi connectivity index (χ4v) is 1.29. The van der Waals surface area contributed by atoms with Crippen molar-refractivity contribution in [2.45, 2.75) is 46.5 Å². The van der Waals surface area contributed by atoms with Gasteiger partial charge >= 0.3 is 0 Å². The summed E-state index contributed by atoms with van der Waals surface area (Å²) in [5, 5.41) is 3.39. The molecule has 0 aromatic carbocycles. The van der Waals surface area contributed by atoms with Crippen LogP contribution >= 0.6 is 0 Å². The molecule has 1 heteroatoms. The molecule has 1 nitrogen and oxygen atoms in total. The Kier molecular flexibility index (Phi) is 9.56. The van der Waals surface area contributed by atoms with E-state index < -0.39 is 0 Å². The van der Waals surface area contributed by atoms with Crippen molar-refractivity contribution in [3.05, 3.63) is 12.2 Å². The normalized spacial score (nSPS) is 13.8. The SMILES string of the molecule is CCCC/C=C\C(CC)CNCC. The summed E-state index contributed by atoms with van der Waals surface area (Å²) in [6.07, 6.45) is 9.84. The van der Waals surface area contributed by atoms with Crippen molar-refractivity contribution in [1.29, 1.82) is 0 Å². The van der Waals surface area contributed by atoms with E-state index in [1.165, 1.54) is 25.7 Å². The van der Waals surface area contributed by atoms with Gasteiger partial charge in [0.05, 0.1) is 0 Å². The second-order valence-electron chi connectivity index (χ2n) is 3.55. The minimum Gasteiger partial charge on any atom is -0.316 e. The summed E-state index contributed by atoms with van der Waals surface area (Å²) >= 11 is 0. The maximum Gasteiger partial charge on any atom is 0.00139 e. The van der Waals surface area contributed by atoms with Crippen LogP contribution in [0.4, 0.5) is 0 Å². The van der Waals surface area contributed by atoms with Gasteiger partial charge in [0.1, 0.15) is 0 Å². The van der Waals surface area contributed by atoms with Crippen LogP contribution in [0.3, 0.4) is 0 Å². The number of unbranched alkanes of at least 4 members (excludes halogenated alkanes) is 2. The Morgan fingerprint density at radius 1 is 1.23 bits per heavy atom. The third-order valence-corrected chi connectivity index (χ3v) is 2.31. The van der Waals surface area contributed by atoms with Gasteiger partial charge < -0.3 is 5.32 Å². The van der Waals surface area contributed by atoms with E-state index in [1.807, 2.05) is 0 Å². The van der Waals surface area contributed by atoms with Crippen LogP contribution in [0.25, 0.3) is 0 Å². The average molecular weight is 183 g/mol. The lowest BCUT2D eigenvalue weighted by Gasteiger charge is -2.09. The van der Waals surface area contributed by atoms with Crippen LogP contribution in [-0.4, -0.2) is 13.1 Å². The van der Waals surface area contributed by atoms with Gasteiger partial charge in [-0.2, -0.15) is 0 Å². The molecule has 13 heavy (non-hydrogen) atoms. The molecular weight excluding hydrogens is 158 g/mol. The van der Waals surface area contributed by atoms with Crippen LogP contribution in [0.15, 0.2) is 12.2 Å². The summed E-state index contributed by atoms with van der Waals surface area (Å²) in [5.74, 6) is 0.733. The minimum absolute atomic E-state index is 0.733. The Morgan fingerprint density at radius 2 is 2.00 bits per heavy atom. The lowest BCUT2D eigenvalue weighted by atomic mass is 10.1. The number of hydrogen-bond acceptors (Lipinski definition) is 1. The first-order chi connectivity index (χ1) is 6.35. The second-order valence-corrected chi connectivity index (χ2v) is 3.55. The predicted octanol–water partition coefficient (Wildman–Crippen LogP) is 3.37. The minimum atomic E-state index is 0.733. The van der Waals surface area contributed by atoms with Gasteiger partial charge in [-0.3, -0.25) is 0 Å². The molecule has 0 aliphatic heterocycles. The van der Waals surface area contributed by atoms with Gasteiger partial charge in [0.25, 0.3) is 0 Å². The predicted molar refractivity (Wildman–Crippen MR) is 61.0 cm³/mol. The van der Waals surface area contributed by atoms with Gasteiger partial charge in [-0.25, -0.2) is 0 Å². The van der Waals surface area contributed by atoms with E-state index in [4.69, 9.17) is 0 Å². The van der Waals surface area contributed by atoms with Gasteiger partial charge in [-0.05, 0) is 25.3 Å². The molecule has 0 rings (SSSR count). The Bertz CT molecular complexity index is 118. The maximum absolute atomic E-state index is 3.39. The third-order valence-electron chi connectivity index (χ3n) is 2.31. The van der Waals surface area contributed by atoms with Crippen molar-refractivity contribution in [3.8, 4) is 0 Å². The summed E-state index contributed by atoms with van der Waals surface area (Å²) in [6.45, 7) is 8.87. The molecule has 0 radical (unpaired) electrons. The quantitative estimate of drug-likeness (QED) is 0.449. The zero-order valence-electron chi connectivity index (χ0n) is 9.47. The van der Waals surface area contributed by atoms with Crippen LogP contribution < -0.4 is 5.32 Å². The number of hydrogen-bond donors (Lipinski definition) is 1. The third kappa shape index (κ3) is 8.04. The standard InChI is InChI=1S/C12H25N/c1-4-7-8-9-10-12(5-2)11-13-6-3/h9-10,12-13H,4-8,11H2,1-3H3/b10-9-. The van der Waals surface area contributed by atoms with Crippen LogP contribution in [0.1, 0.15) is 46.5 Å². The van der Waals surface area contributed by atoms with Crippen molar-refractivity contribution in [2.24, 2.45) is 5.92 Å². The Morgan fingerprint density at radius 3 is 2.54 bits per heavy atom. The van der Waals surface area contributed by atoms with E-state index in [-0.39, 0.29) is 0 Å². The Hall–Kier alpha value is -0.300. The van der Waals surface area contributed by atoms with E-state index in [1.54, 1.807) is 0 Å². The fourth-order valence-electron chi connectivity index (χ4n) is 1.29. The second kappa shape index (κ2) is 9.79. The molecule has 0 saturated heterocycles. The number of rotatable bonds is 8. The highest BCUT2D eigenvalue weighted by Gasteiger charge is 1.98. The van der Waals surface area contributed by atoms with Gasteiger partial charge in [0.2, 0.25) is 0 Å². The van der Waals surface area contributed by atoms with E-state index in [0.29, 0.717) is 0 Å². The van der Waals surface area contributed by atoms with Gasteiger partial charge in [0, 0.05) is 6.54 Å². The molecule has 0 bridgehead atoms. The summed E-state index contributed by atoms with van der Waals surface area (Å²) in [5.41, 5.74) is 0. The molecule has 78 valence electrons. The highest BCUT2D eigenvalue weighted by atomic mass is 14.8. The number of allylic oxidation sites excluding steroid dienone is 1. The molecule has 0 amide bonds. The van der Waals surface area contributed by atoms with Crippen molar-refractivity contribution < 1.29 is 0 Å². The fraction of sp³-hybridized carbons (Fsp3) is 0.833. The molecular formula is C12H25N. The van der Waals surface area contributed by atoms with Crippen LogP contribution in [0, 0.1) is 5.92 Å². The molecule has 0 aromatic rings. The topological polar surface area (TPSA) is 12.0 Å². The number of nitrogens with one attached hydrogen (secondary N) is 1. The van der Waals surface area contributed by atoms with Crippen molar-refractivity contribution in [2.75, 3.05) is 13.1 Å². The summed E-state index contributed by atoms with van der Waals surface area (Å²) in [6, 6.07) is 0. The first kappa shape index (κ1) is 12.7. The largest absolute Gasteiger partial charge is 0.316 e. The van der Waals surface area contributed by atoms with E-state index >= 15 is 0 Å². The molecule has 0 heterocycles. The van der Waals surface area contributed by atoms with Crippen LogP contribution in [0.5, 0.6) is 0 Å². The van der Waals surface area contributed by atoms with Crippen LogP contribution in [0.2, 0.25) is 0 Å². The maximum atomic E-state index is 3.39. The summed E-state index contributed by atoms with van der Waals surface area (Å²) < 4.78 is 0. The first-order valence-corrected chi connectivity index (χ1v) is 5.72. The molecule has 1 unspecified atom stereocenters. The monoisotopic (exact) mass is 183 g/mol. The summed E-state index contributed by atoms with van der Waals surface area (Å²) in [7, 11) is 0. The molecule has 0 aromatic heterocycles. The Labute approximate surface area is 83.6 Å². The van der Waals surface area contributed by atoms with E-state index in [9.17, 15) is 0 Å². The summed E-state index contributed by atoms with van der Waals surface area (Å²) in [4.78, 5) is 0. The Balaban J connectivity index is 3.50. The van der Waals surface area contributed by atoms with Crippen molar-refractivity contribution in [3.63, 3.8) is 0 Å². The molecule has 1 N–H and O–H groups in total. The lowest BCUT2D eigenvalue weighted by Crippen LogP contribution is -2.20. The molecule has 1 atom stereocenters. The molecule has 0 fully saturated rings. The van der Waals surface area contributed by atoms with Crippen LogP contribution in [-0.2, 0) is 0 Å². The van der Waals surface area contributed by atoms with Crippen molar-refractivity contribution >= 4 is 0 Å². The molecule has 0 aliphatic rings. The zero-order chi connectivity index (χ0) is 9.94. The lowest BCUT2D eigenvalue weighted by molar-refractivity contribution is 0.554. The first-order valence-electron chi connectivity index (χ1n) is 5.72. The molecule has 0 saturated carbocycles. The van der Waals surface area contributed by atoms with Gasteiger partial charge in [-0.1, -0.05) is 45.8 Å². The van der Waals surface area contributed by atoms with Gasteiger partial charge in [-0.15, -0.1) is 0 Å². The highest BCUT2D eigenvalue weighted by molar-refractivity contribution is 4.88. The van der Waals surface area contributed by atoms with E-state index in [2.05, 4.69) is 38.2 Å². The van der Waals surface area contributed by atoms with Crippen molar-refractivity contribution in [1.82, 2.24) is 5.32 Å². The molecule has 0 aliphatic carbocycles. The zero-order valence-corrected chi connectivity index (χ0v) is 9.47. The average Bonchev–Trinajstić information content (AvgIpc) is 2.17. The molecule has 0 spiro atoms. The smallest absolute Gasteiger partial charge is 0.00139 e. The van der Waals surface area contributed by atoms with Gasteiger partial charge in [0.15, 0.2) is 0 Å².